The highest BCUT2D eigenvalue weighted by Gasteiger charge is 2.22. The summed E-state index contributed by atoms with van der Waals surface area (Å²) in [4.78, 5) is 10.0. The number of quaternary nitrogens is 1. The highest BCUT2D eigenvalue weighted by molar-refractivity contribution is 5.44. The molecule has 1 unspecified atom stereocenters. The number of rotatable bonds is 17. The van der Waals surface area contributed by atoms with Crippen molar-refractivity contribution in [1.82, 2.24) is 0 Å². The molecule has 150 valence electrons. The van der Waals surface area contributed by atoms with Crippen LogP contribution in [0.5, 0.6) is 0 Å². The number of hydrogen-bond donors (Lipinski definition) is 0. The number of hydrogen-bond acceptors (Lipinski definition) is 2. The van der Waals surface area contributed by atoms with Crippen molar-refractivity contribution in [3.63, 3.8) is 0 Å². The summed E-state index contributed by atoms with van der Waals surface area (Å²) in [7, 11) is 6.66. The largest absolute Gasteiger partial charge is 1.00 e. The van der Waals surface area contributed by atoms with Crippen LogP contribution in [0.25, 0.3) is 0 Å². The highest BCUT2D eigenvalue weighted by Crippen LogP contribution is 2.16. The van der Waals surface area contributed by atoms with Crippen LogP contribution >= 0.6 is 0 Å². The first-order chi connectivity index (χ1) is 11.5. The minimum Gasteiger partial charge on any atom is -1.00 e. The van der Waals surface area contributed by atoms with Gasteiger partial charge in [-0.3, -0.25) is 0 Å². The molecule has 0 heterocycles. The predicted octanol–water partition coefficient (Wildman–Crippen LogP) is 2.52. The van der Waals surface area contributed by atoms with Crippen molar-refractivity contribution in [2.75, 3.05) is 27.7 Å². The van der Waals surface area contributed by atoms with Crippen LogP contribution in [0.3, 0.4) is 0 Å². The Morgan fingerprint density at radius 2 is 1.28 bits per heavy atom. The van der Waals surface area contributed by atoms with Crippen molar-refractivity contribution in [1.29, 1.82) is 0 Å². The Morgan fingerprint density at radius 1 is 0.840 bits per heavy atom. The van der Waals surface area contributed by atoms with Crippen molar-refractivity contribution in [3.05, 3.63) is 6.08 Å². The van der Waals surface area contributed by atoms with Crippen LogP contribution in [0.2, 0.25) is 0 Å². The van der Waals surface area contributed by atoms with Crippen molar-refractivity contribution in [3.8, 4) is 0 Å². The summed E-state index contributed by atoms with van der Waals surface area (Å²) in [6.07, 6.45) is 18.6. The molecule has 0 saturated heterocycles. The second-order valence-electron chi connectivity index (χ2n) is 7.81. The maximum Gasteiger partial charge on any atom is 0.192 e. The smallest absolute Gasteiger partial charge is 0.192 e. The number of unbranched alkanes of at least 4 members (excludes halogenated alkanes) is 11. The van der Waals surface area contributed by atoms with E-state index in [2.05, 4.69) is 28.1 Å². The summed E-state index contributed by atoms with van der Waals surface area (Å²) < 4.78 is 6.77. The number of allylic oxidation sites excluding steroid dienone is 1. The molecule has 0 spiro atoms. The molecule has 0 aromatic rings. The minimum absolute atomic E-state index is 0. The minimum atomic E-state index is 0. The topological polar surface area (TPSA) is 26.3 Å². The fraction of sp³-hybridized carbons (Fsp3) is 0.905. The molecule has 1 atom stereocenters. The van der Waals surface area contributed by atoms with Crippen LogP contribution < -0.4 is 17.0 Å². The lowest BCUT2D eigenvalue weighted by Gasteiger charge is -2.33. The molecule has 3 nitrogen and oxygen atoms in total. The van der Waals surface area contributed by atoms with Gasteiger partial charge in [-0.15, -0.1) is 0 Å². The molecule has 0 aromatic carbocycles. The second kappa shape index (κ2) is 18.6. The maximum atomic E-state index is 10.0. The maximum absolute atomic E-state index is 10.0. The van der Waals surface area contributed by atoms with Gasteiger partial charge in [0.2, 0.25) is 0 Å². The molecule has 0 radical (unpaired) electrons. The Hall–Kier alpha value is -0.150. The van der Waals surface area contributed by atoms with Gasteiger partial charge >= 0.3 is 0 Å². The lowest BCUT2D eigenvalue weighted by atomic mass is 10.0. The molecule has 0 aliphatic rings. The van der Waals surface area contributed by atoms with Crippen LogP contribution in [0.15, 0.2) is 6.08 Å². The Bertz CT molecular complexity index is 322. The van der Waals surface area contributed by atoms with E-state index in [-0.39, 0.29) is 17.0 Å². The first-order valence-corrected chi connectivity index (χ1v) is 10.1. The van der Waals surface area contributed by atoms with Gasteiger partial charge in [-0.05, 0) is 32.3 Å². The molecule has 0 aliphatic heterocycles. The highest BCUT2D eigenvalue weighted by atomic mass is 79.9. The van der Waals surface area contributed by atoms with Gasteiger partial charge in [0.15, 0.2) is 6.23 Å². The fourth-order valence-corrected chi connectivity index (χ4v) is 3.10. The van der Waals surface area contributed by atoms with Gasteiger partial charge < -0.3 is 26.2 Å². The molecule has 0 N–H and O–H groups in total. The van der Waals surface area contributed by atoms with Crippen LogP contribution in [0.1, 0.15) is 90.4 Å². The van der Waals surface area contributed by atoms with E-state index < -0.39 is 0 Å². The van der Waals surface area contributed by atoms with Crippen molar-refractivity contribution < 1.29 is 31.0 Å². The number of ether oxygens (including phenoxy) is 1. The third-order valence-electron chi connectivity index (χ3n) is 4.61. The van der Waals surface area contributed by atoms with E-state index in [1.54, 1.807) is 6.08 Å². The SMILES string of the molecule is CCOC(CCCCCCCCCCCCCC=C=O)[N+](C)(C)C.[Br-]. The first-order valence-electron chi connectivity index (χ1n) is 10.1. The number of carbonyl (C=O) groups excluding carboxylic acids is 1. The van der Waals surface area contributed by atoms with Gasteiger partial charge in [-0.2, -0.15) is 0 Å². The van der Waals surface area contributed by atoms with Gasteiger partial charge in [0.05, 0.1) is 27.7 Å². The summed E-state index contributed by atoms with van der Waals surface area (Å²) in [6.45, 7) is 2.90. The average Bonchev–Trinajstić information content (AvgIpc) is 2.53. The lowest BCUT2D eigenvalue weighted by Crippen LogP contribution is -3.00. The van der Waals surface area contributed by atoms with E-state index in [9.17, 15) is 4.79 Å². The number of halogens is 1. The third-order valence-corrected chi connectivity index (χ3v) is 4.61. The van der Waals surface area contributed by atoms with E-state index in [1.807, 2.05) is 5.94 Å². The molecule has 0 aliphatic carbocycles. The van der Waals surface area contributed by atoms with Crippen LogP contribution in [-0.2, 0) is 9.53 Å². The van der Waals surface area contributed by atoms with E-state index in [0.717, 1.165) is 23.9 Å². The molecular weight excluding hydrogens is 378 g/mol. The molecule has 25 heavy (non-hydrogen) atoms. The van der Waals surface area contributed by atoms with Gasteiger partial charge in [-0.25, -0.2) is 4.79 Å². The van der Waals surface area contributed by atoms with Crippen molar-refractivity contribution in [2.24, 2.45) is 0 Å². The summed E-state index contributed by atoms with van der Waals surface area (Å²) in [6, 6.07) is 0. The Morgan fingerprint density at radius 3 is 1.68 bits per heavy atom. The average molecular weight is 420 g/mol. The normalized spacial score (nSPS) is 12.3. The summed E-state index contributed by atoms with van der Waals surface area (Å²) in [5, 5.41) is 0. The monoisotopic (exact) mass is 419 g/mol. The molecule has 4 heteroatoms. The summed E-state index contributed by atoms with van der Waals surface area (Å²) in [5.41, 5.74) is 0. The zero-order valence-corrected chi connectivity index (χ0v) is 18.8. The molecule has 0 fully saturated rings. The quantitative estimate of drug-likeness (QED) is 0.156. The standard InChI is InChI=1S/C21H42NO2.BrH/c1-5-24-21(22(2,3)4)19-17-15-13-11-9-7-6-8-10-12-14-16-18-20-23;/h18,21H,5-17,19H2,1-4H3;1H/q+1;/p-1. The van der Waals surface area contributed by atoms with E-state index in [4.69, 9.17) is 4.74 Å². The van der Waals surface area contributed by atoms with Crippen LogP contribution in [0, 0.1) is 0 Å². The van der Waals surface area contributed by atoms with E-state index >= 15 is 0 Å². The molecule has 0 amide bonds. The number of nitrogens with zero attached hydrogens (tertiary/aromatic N) is 1. The Kier molecular flexibility index (Phi) is 20.2. The predicted molar refractivity (Wildman–Crippen MR) is 104 cm³/mol. The lowest BCUT2D eigenvalue weighted by molar-refractivity contribution is -0.920. The zero-order chi connectivity index (χ0) is 18.1. The van der Waals surface area contributed by atoms with Gasteiger partial charge in [0, 0.05) is 6.42 Å². The molecule has 0 saturated carbocycles. The second-order valence-corrected chi connectivity index (χ2v) is 7.81. The first kappa shape index (κ1) is 27.1. The van der Waals surface area contributed by atoms with Gasteiger partial charge in [0.1, 0.15) is 5.94 Å². The summed E-state index contributed by atoms with van der Waals surface area (Å²) in [5.74, 6) is 1.84. The molecular formula is C21H42BrNO2. The van der Waals surface area contributed by atoms with Crippen LogP contribution in [-0.4, -0.2) is 44.4 Å². The van der Waals surface area contributed by atoms with Gasteiger partial charge in [-0.1, -0.05) is 57.8 Å². The van der Waals surface area contributed by atoms with Crippen molar-refractivity contribution >= 4 is 5.94 Å². The summed E-state index contributed by atoms with van der Waals surface area (Å²) >= 11 is 0. The molecule has 0 rings (SSSR count). The third kappa shape index (κ3) is 18.4. The van der Waals surface area contributed by atoms with Crippen LogP contribution in [0.4, 0.5) is 0 Å². The molecule has 0 bridgehead atoms. The molecule has 0 aromatic heterocycles. The Labute approximate surface area is 167 Å². The van der Waals surface area contributed by atoms with E-state index in [0.29, 0.717) is 6.23 Å². The van der Waals surface area contributed by atoms with Crippen molar-refractivity contribution in [2.45, 2.75) is 96.6 Å². The van der Waals surface area contributed by atoms with Gasteiger partial charge in [0.25, 0.3) is 0 Å². The Balaban J connectivity index is 0. The fourth-order valence-electron chi connectivity index (χ4n) is 3.10. The van der Waals surface area contributed by atoms with E-state index in [1.165, 1.54) is 70.6 Å². The zero-order valence-electron chi connectivity index (χ0n) is 17.2.